The maximum Gasteiger partial charge on any atom is 0.0197 e. The van der Waals surface area contributed by atoms with E-state index in [1.54, 1.807) is 49.9 Å². The van der Waals surface area contributed by atoms with Crippen LogP contribution in [0.25, 0.3) is 0 Å². The summed E-state index contributed by atoms with van der Waals surface area (Å²) in [6.45, 7) is 0. The predicted molar refractivity (Wildman–Crippen MR) is 100 cm³/mol. The molecule has 0 radical (unpaired) electrons. The number of allylic oxidation sites excluding steroid dienone is 4. The van der Waals surface area contributed by atoms with E-state index in [0.29, 0.717) is 19.0 Å². The van der Waals surface area contributed by atoms with Crippen LogP contribution in [0.2, 0.25) is 24.2 Å². The van der Waals surface area contributed by atoms with Crippen LogP contribution in [-0.2, 0) is 25.8 Å². The van der Waals surface area contributed by atoms with Crippen LogP contribution in [0.1, 0.15) is 44.9 Å². The Morgan fingerprint density at radius 2 is 1.15 bits per heavy atom. The molecule has 2 heterocycles. The molecular weight excluding hydrogens is 486 g/mol. The molecule has 0 bridgehead atoms. The molecule has 1 aliphatic carbocycles. The number of hydrogen-bond donors (Lipinski definition) is 0. The van der Waals surface area contributed by atoms with E-state index in [9.17, 15) is 0 Å². The Bertz CT molecular complexity index is 171. The Labute approximate surface area is 162 Å². The van der Waals surface area contributed by atoms with Crippen molar-refractivity contribution in [2.75, 3.05) is 0 Å². The fourth-order valence-electron chi connectivity index (χ4n) is 2.46. The van der Waals surface area contributed by atoms with E-state index in [2.05, 4.69) is 12.2 Å². The second kappa shape index (κ2) is 22.6. The Hall–Kier alpha value is 1.36. The molecule has 0 aromatic carbocycles. The standard InChI is InChI=1S/2C5H12Si.C5H5.2ClH.Hf/c2*1-2-4-6-5-3-1;1-2-4-5-3-1;;;/h2*1-6H2;1-3H,4H2;2*1H;/q;;-1;;;. The van der Waals surface area contributed by atoms with Gasteiger partial charge in [-0.15, -0.1) is 31.2 Å². The first-order valence-electron chi connectivity index (χ1n) is 7.72. The average molecular weight is 517 g/mol. The van der Waals surface area contributed by atoms with E-state index in [0.717, 1.165) is 6.42 Å². The normalized spacial score (nSPS) is 18.8. The molecular formula is C15H31Cl2HfSi2-. The molecule has 118 valence electrons. The zero-order chi connectivity index (χ0) is 12.0. The summed E-state index contributed by atoms with van der Waals surface area (Å²) >= 11 is 0. The van der Waals surface area contributed by atoms with E-state index >= 15 is 0 Å². The molecule has 5 heteroatoms. The first-order chi connectivity index (χ1) is 8.50. The van der Waals surface area contributed by atoms with Gasteiger partial charge in [0.1, 0.15) is 0 Å². The Balaban J connectivity index is -0.000000202. The summed E-state index contributed by atoms with van der Waals surface area (Å²) in [4.78, 5) is 0. The molecule has 20 heavy (non-hydrogen) atoms. The van der Waals surface area contributed by atoms with Crippen LogP contribution in [0.4, 0.5) is 0 Å². The molecule has 0 amide bonds. The van der Waals surface area contributed by atoms with Gasteiger partial charge in [0.2, 0.25) is 0 Å². The van der Waals surface area contributed by atoms with Crippen molar-refractivity contribution >= 4 is 43.9 Å². The third-order valence-electron chi connectivity index (χ3n) is 3.59. The minimum absolute atomic E-state index is 0. The SMILES string of the molecule is C1CC[SiH2]CC1.C1CC[SiH2]CC1.Cl.Cl.[C-]1=CC=CC1.[Hf]. The van der Waals surface area contributed by atoms with Crippen molar-refractivity contribution in [3.63, 3.8) is 0 Å². The second-order valence-corrected chi connectivity index (χ2v) is 9.49. The van der Waals surface area contributed by atoms with E-state index < -0.39 is 0 Å². The zero-order valence-corrected chi connectivity index (χ0v) is 20.8. The van der Waals surface area contributed by atoms with Crippen molar-refractivity contribution in [3.05, 3.63) is 24.3 Å². The van der Waals surface area contributed by atoms with E-state index in [1.807, 2.05) is 12.2 Å². The van der Waals surface area contributed by atoms with Crippen LogP contribution in [0.5, 0.6) is 0 Å². The maximum absolute atomic E-state index is 2.99. The van der Waals surface area contributed by atoms with Crippen molar-refractivity contribution in [1.82, 2.24) is 0 Å². The summed E-state index contributed by atoms with van der Waals surface area (Å²) in [5.41, 5.74) is 0. The summed E-state index contributed by atoms with van der Waals surface area (Å²) < 4.78 is 0. The summed E-state index contributed by atoms with van der Waals surface area (Å²) in [5.74, 6) is 0. The van der Waals surface area contributed by atoms with E-state index in [-0.39, 0.29) is 50.7 Å². The Morgan fingerprint density at radius 3 is 1.25 bits per heavy atom. The fourth-order valence-corrected chi connectivity index (χ4v) is 6.00. The molecule has 0 nitrogen and oxygen atoms in total. The molecule has 0 saturated carbocycles. The summed E-state index contributed by atoms with van der Waals surface area (Å²) in [7, 11) is 1.02. The van der Waals surface area contributed by atoms with Crippen LogP contribution in [0.3, 0.4) is 0 Å². The van der Waals surface area contributed by atoms with Gasteiger partial charge < -0.3 is 0 Å². The van der Waals surface area contributed by atoms with Gasteiger partial charge in [-0.1, -0.05) is 62.7 Å². The first kappa shape index (κ1) is 26.3. The van der Waals surface area contributed by atoms with Crippen LogP contribution in [-0.4, -0.2) is 19.0 Å². The molecule has 2 fully saturated rings. The smallest absolute Gasteiger partial charge is 0.0197 e. The zero-order valence-electron chi connectivity index (χ0n) is 12.7. The molecule has 0 aromatic rings. The van der Waals surface area contributed by atoms with Gasteiger partial charge in [0.15, 0.2) is 0 Å². The molecule has 3 aliphatic rings. The molecule has 2 saturated heterocycles. The molecule has 0 unspecified atom stereocenters. The molecule has 0 spiro atoms. The monoisotopic (exact) mass is 517 g/mol. The summed E-state index contributed by atoms with van der Waals surface area (Å²) in [5, 5.41) is 0. The largest absolute Gasteiger partial charge is 0.273 e. The third kappa shape index (κ3) is 19.4. The van der Waals surface area contributed by atoms with Gasteiger partial charge in [0.25, 0.3) is 0 Å². The second-order valence-electron chi connectivity index (χ2n) is 5.25. The van der Waals surface area contributed by atoms with Crippen molar-refractivity contribution in [1.29, 1.82) is 0 Å². The van der Waals surface area contributed by atoms with Crippen LogP contribution >= 0.6 is 24.8 Å². The predicted octanol–water partition coefficient (Wildman–Crippen LogP) is 4.50. The molecule has 3 rings (SSSR count). The summed E-state index contributed by atoms with van der Waals surface area (Å²) in [6.07, 6.45) is 19.3. The molecule has 0 atom stereocenters. The topological polar surface area (TPSA) is 0 Å². The average Bonchev–Trinajstić information content (AvgIpc) is 3.03. The van der Waals surface area contributed by atoms with Crippen LogP contribution < -0.4 is 0 Å². The molecule has 2 aliphatic heterocycles. The number of hydrogen-bond acceptors (Lipinski definition) is 0. The van der Waals surface area contributed by atoms with Gasteiger partial charge in [-0.05, 0) is 0 Å². The van der Waals surface area contributed by atoms with Crippen LogP contribution in [0.15, 0.2) is 18.2 Å². The van der Waals surface area contributed by atoms with E-state index in [1.165, 1.54) is 12.8 Å². The van der Waals surface area contributed by atoms with E-state index in [4.69, 9.17) is 0 Å². The van der Waals surface area contributed by atoms with Crippen molar-refractivity contribution < 1.29 is 25.8 Å². The first-order valence-corrected chi connectivity index (χ1v) is 11.7. The van der Waals surface area contributed by atoms with Crippen molar-refractivity contribution in [3.8, 4) is 0 Å². The minimum atomic E-state index is 0. The Morgan fingerprint density at radius 1 is 0.700 bits per heavy atom. The van der Waals surface area contributed by atoms with Gasteiger partial charge in [-0.25, -0.2) is 12.2 Å². The molecule has 0 aromatic heterocycles. The van der Waals surface area contributed by atoms with Gasteiger partial charge >= 0.3 is 0 Å². The fraction of sp³-hybridized carbons (Fsp3) is 0.733. The minimum Gasteiger partial charge on any atom is -0.273 e. The van der Waals surface area contributed by atoms with Gasteiger partial charge in [-0.2, -0.15) is 6.08 Å². The van der Waals surface area contributed by atoms with Crippen molar-refractivity contribution in [2.45, 2.75) is 69.1 Å². The van der Waals surface area contributed by atoms with Gasteiger partial charge in [0, 0.05) is 44.9 Å². The van der Waals surface area contributed by atoms with Crippen molar-refractivity contribution in [2.24, 2.45) is 0 Å². The Kier molecular flexibility index (Phi) is 29.7. The van der Waals surface area contributed by atoms with Gasteiger partial charge in [-0.3, -0.25) is 6.08 Å². The van der Waals surface area contributed by atoms with Gasteiger partial charge in [0.05, 0.1) is 0 Å². The number of halogens is 2. The quantitative estimate of drug-likeness (QED) is 0.329. The summed E-state index contributed by atoms with van der Waals surface area (Å²) in [6, 6.07) is 6.56. The third-order valence-corrected chi connectivity index (χ3v) is 7.59. The molecule has 0 N–H and O–H groups in total. The maximum atomic E-state index is 2.99. The van der Waals surface area contributed by atoms with Crippen LogP contribution in [0, 0.1) is 6.08 Å². The number of rotatable bonds is 0.